The lowest BCUT2D eigenvalue weighted by Crippen LogP contribution is -2.39. The maximum absolute atomic E-state index is 12.7. The van der Waals surface area contributed by atoms with E-state index in [1.165, 1.54) is 17.5 Å². The van der Waals surface area contributed by atoms with Crippen LogP contribution in [0.4, 0.5) is 11.4 Å². The number of nitrogens with zero attached hydrogens (tertiary/aromatic N) is 2. The maximum atomic E-state index is 12.7. The van der Waals surface area contributed by atoms with Gasteiger partial charge in [-0.1, -0.05) is 24.6 Å². The highest BCUT2D eigenvalue weighted by molar-refractivity contribution is 5.95. The van der Waals surface area contributed by atoms with Gasteiger partial charge in [-0.05, 0) is 50.3 Å². The van der Waals surface area contributed by atoms with E-state index in [0.717, 1.165) is 30.9 Å². The molecule has 24 heavy (non-hydrogen) atoms. The Hall–Kier alpha value is -2.36. The van der Waals surface area contributed by atoms with Crippen molar-refractivity contribution in [2.75, 3.05) is 18.4 Å². The van der Waals surface area contributed by atoms with Gasteiger partial charge in [-0.2, -0.15) is 0 Å². The summed E-state index contributed by atoms with van der Waals surface area (Å²) in [6.45, 7) is 8.05. The van der Waals surface area contributed by atoms with Crippen molar-refractivity contribution >= 4 is 17.3 Å². The van der Waals surface area contributed by atoms with Crippen molar-refractivity contribution in [1.29, 1.82) is 0 Å². The fraction of sp³-hybridized carbons (Fsp3) is 0.400. The minimum Gasteiger partial charge on any atom is -0.354 e. The lowest BCUT2D eigenvalue weighted by atomic mass is 10.00. The average molecular weight is 323 g/mol. The second kappa shape index (κ2) is 7.04. The van der Waals surface area contributed by atoms with Gasteiger partial charge in [0.25, 0.3) is 5.91 Å². The molecule has 3 rings (SSSR count). The van der Waals surface area contributed by atoms with Crippen LogP contribution in [-0.4, -0.2) is 28.9 Å². The number of rotatable bonds is 3. The van der Waals surface area contributed by atoms with E-state index in [4.69, 9.17) is 0 Å². The Balaban J connectivity index is 1.77. The van der Waals surface area contributed by atoms with E-state index in [9.17, 15) is 4.79 Å². The fourth-order valence-corrected chi connectivity index (χ4v) is 3.29. The molecule has 4 nitrogen and oxygen atoms in total. The number of benzene rings is 1. The molecule has 1 amide bonds. The molecule has 1 N–H and O–H groups in total. The van der Waals surface area contributed by atoms with Crippen molar-refractivity contribution in [2.24, 2.45) is 5.92 Å². The Labute approximate surface area is 143 Å². The summed E-state index contributed by atoms with van der Waals surface area (Å²) in [4.78, 5) is 18.9. The highest BCUT2D eigenvalue weighted by atomic mass is 16.2. The average Bonchev–Trinajstić information content (AvgIpc) is 2.57. The van der Waals surface area contributed by atoms with Crippen molar-refractivity contribution in [2.45, 2.75) is 33.6 Å². The number of anilines is 2. The lowest BCUT2D eigenvalue weighted by molar-refractivity contribution is 0.0682. The molecule has 1 atom stereocenters. The van der Waals surface area contributed by atoms with Crippen LogP contribution in [0.3, 0.4) is 0 Å². The van der Waals surface area contributed by atoms with Crippen molar-refractivity contribution < 1.29 is 4.79 Å². The standard InChI is InChI=1S/C20H25N3O/c1-14-6-7-19(16(3)9-14)22-18-10-17(11-21-12-18)20(24)23-8-4-5-15(2)13-23/h6-7,9-12,15,22H,4-5,8,13H2,1-3H3. The number of carbonyl (C=O) groups is 1. The van der Waals surface area contributed by atoms with Gasteiger partial charge >= 0.3 is 0 Å². The smallest absolute Gasteiger partial charge is 0.255 e. The third kappa shape index (κ3) is 3.75. The number of amides is 1. The minimum atomic E-state index is 0.0818. The topological polar surface area (TPSA) is 45.2 Å². The summed E-state index contributed by atoms with van der Waals surface area (Å²) in [6, 6.07) is 8.17. The van der Waals surface area contributed by atoms with Gasteiger partial charge in [-0.3, -0.25) is 9.78 Å². The van der Waals surface area contributed by atoms with E-state index in [0.29, 0.717) is 11.5 Å². The van der Waals surface area contributed by atoms with E-state index in [-0.39, 0.29) is 5.91 Å². The Bertz CT molecular complexity index is 741. The highest BCUT2D eigenvalue weighted by Gasteiger charge is 2.22. The maximum Gasteiger partial charge on any atom is 0.255 e. The summed E-state index contributed by atoms with van der Waals surface area (Å²) in [5.74, 6) is 0.658. The predicted molar refractivity (Wildman–Crippen MR) is 97.7 cm³/mol. The molecule has 1 aromatic carbocycles. The molecule has 1 aliphatic rings. The van der Waals surface area contributed by atoms with E-state index < -0.39 is 0 Å². The first-order chi connectivity index (χ1) is 11.5. The Kier molecular flexibility index (Phi) is 4.84. The number of piperidine rings is 1. The van der Waals surface area contributed by atoms with Gasteiger partial charge in [0.2, 0.25) is 0 Å². The summed E-state index contributed by atoms with van der Waals surface area (Å²) >= 11 is 0. The second-order valence-corrected chi connectivity index (χ2v) is 6.90. The SMILES string of the molecule is Cc1ccc(Nc2cncc(C(=O)N3CCCC(C)C3)c2)c(C)c1. The van der Waals surface area contributed by atoms with Crippen LogP contribution >= 0.6 is 0 Å². The zero-order valence-corrected chi connectivity index (χ0v) is 14.7. The fourth-order valence-electron chi connectivity index (χ4n) is 3.29. The second-order valence-electron chi connectivity index (χ2n) is 6.90. The first-order valence-electron chi connectivity index (χ1n) is 8.61. The van der Waals surface area contributed by atoms with E-state index >= 15 is 0 Å². The third-order valence-electron chi connectivity index (χ3n) is 4.59. The van der Waals surface area contributed by atoms with E-state index in [1.807, 2.05) is 11.0 Å². The molecule has 0 spiro atoms. The molecule has 1 unspecified atom stereocenters. The first-order valence-corrected chi connectivity index (χ1v) is 8.61. The normalized spacial score (nSPS) is 17.6. The van der Waals surface area contributed by atoms with Gasteiger partial charge in [0, 0.05) is 25.0 Å². The van der Waals surface area contributed by atoms with Crippen LogP contribution in [0, 0.1) is 19.8 Å². The largest absolute Gasteiger partial charge is 0.354 e. The molecule has 4 heteroatoms. The summed E-state index contributed by atoms with van der Waals surface area (Å²) in [6.07, 6.45) is 5.71. The molecule has 0 bridgehead atoms. The van der Waals surface area contributed by atoms with Gasteiger partial charge in [-0.15, -0.1) is 0 Å². The van der Waals surface area contributed by atoms with Gasteiger partial charge < -0.3 is 10.2 Å². The molecule has 2 aromatic rings. The molecule has 126 valence electrons. The Morgan fingerprint density at radius 2 is 2.08 bits per heavy atom. The number of aromatic nitrogens is 1. The van der Waals surface area contributed by atoms with Crippen LogP contribution in [0.5, 0.6) is 0 Å². The summed E-state index contributed by atoms with van der Waals surface area (Å²) < 4.78 is 0. The molecule has 2 heterocycles. The number of hydrogen-bond acceptors (Lipinski definition) is 3. The Morgan fingerprint density at radius 3 is 2.83 bits per heavy atom. The summed E-state index contributed by atoms with van der Waals surface area (Å²) in [5.41, 5.74) is 4.95. The zero-order chi connectivity index (χ0) is 17.1. The number of aryl methyl sites for hydroxylation is 2. The highest BCUT2D eigenvalue weighted by Crippen LogP contribution is 2.23. The van der Waals surface area contributed by atoms with Crippen LogP contribution in [0.1, 0.15) is 41.3 Å². The van der Waals surface area contributed by atoms with Crippen LogP contribution in [0.2, 0.25) is 0 Å². The number of carbonyl (C=O) groups excluding carboxylic acids is 1. The minimum absolute atomic E-state index is 0.0818. The molecule has 0 radical (unpaired) electrons. The van der Waals surface area contributed by atoms with E-state index in [2.05, 4.69) is 49.3 Å². The van der Waals surface area contributed by atoms with Crippen LogP contribution < -0.4 is 5.32 Å². The lowest BCUT2D eigenvalue weighted by Gasteiger charge is -2.31. The monoisotopic (exact) mass is 323 g/mol. The molecule has 0 aliphatic carbocycles. The molecule has 1 aliphatic heterocycles. The molecular weight excluding hydrogens is 298 g/mol. The Morgan fingerprint density at radius 1 is 1.25 bits per heavy atom. The molecule has 1 fully saturated rings. The van der Waals surface area contributed by atoms with Crippen molar-refractivity contribution in [1.82, 2.24) is 9.88 Å². The summed E-state index contributed by atoms with van der Waals surface area (Å²) in [5, 5.41) is 3.37. The number of pyridine rings is 1. The predicted octanol–water partition coefficient (Wildman–Crippen LogP) is 4.31. The number of hydrogen-bond donors (Lipinski definition) is 1. The first kappa shape index (κ1) is 16.5. The molecule has 1 aromatic heterocycles. The van der Waals surface area contributed by atoms with Crippen LogP contribution in [-0.2, 0) is 0 Å². The van der Waals surface area contributed by atoms with Gasteiger partial charge in [0.05, 0.1) is 17.4 Å². The van der Waals surface area contributed by atoms with Crippen molar-refractivity contribution in [3.63, 3.8) is 0 Å². The van der Waals surface area contributed by atoms with Crippen molar-refractivity contribution in [3.8, 4) is 0 Å². The molecular formula is C20H25N3O. The van der Waals surface area contributed by atoms with Crippen LogP contribution in [0.15, 0.2) is 36.7 Å². The van der Waals surface area contributed by atoms with Crippen LogP contribution in [0.25, 0.3) is 0 Å². The quantitative estimate of drug-likeness (QED) is 0.915. The zero-order valence-electron chi connectivity index (χ0n) is 14.7. The van der Waals surface area contributed by atoms with E-state index in [1.54, 1.807) is 12.4 Å². The van der Waals surface area contributed by atoms with Crippen molar-refractivity contribution in [3.05, 3.63) is 53.3 Å². The van der Waals surface area contributed by atoms with Gasteiger partial charge in [0.1, 0.15) is 0 Å². The van der Waals surface area contributed by atoms with Gasteiger partial charge in [0.15, 0.2) is 0 Å². The summed E-state index contributed by atoms with van der Waals surface area (Å²) in [7, 11) is 0. The molecule has 0 saturated carbocycles. The third-order valence-corrected chi connectivity index (χ3v) is 4.59. The van der Waals surface area contributed by atoms with Gasteiger partial charge in [-0.25, -0.2) is 0 Å². The molecule has 1 saturated heterocycles. The number of nitrogens with one attached hydrogen (secondary N) is 1. The number of likely N-dealkylation sites (tertiary alicyclic amines) is 1.